The van der Waals surface area contributed by atoms with Gasteiger partial charge in [0.15, 0.2) is 0 Å². The van der Waals surface area contributed by atoms with Gasteiger partial charge in [0.25, 0.3) is 0 Å². The molecule has 0 fully saturated rings. The Kier molecular flexibility index (Phi) is 3.99. The highest BCUT2D eigenvalue weighted by Gasteiger charge is 2.18. The molecule has 5 aromatic carbocycles. The van der Waals surface area contributed by atoms with Crippen LogP contribution < -0.4 is 0 Å². The molecule has 0 aromatic heterocycles. The van der Waals surface area contributed by atoms with Crippen LogP contribution in [-0.2, 0) is 16.0 Å². The zero-order valence-electron chi connectivity index (χ0n) is 17.1. The van der Waals surface area contributed by atoms with Crippen molar-refractivity contribution in [2.75, 3.05) is 0 Å². The lowest BCUT2D eigenvalue weighted by molar-refractivity contribution is -0.154. The lowest BCUT2D eigenvalue weighted by Gasteiger charge is -2.20. The maximum atomic E-state index is 12.2. The van der Waals surface area contributed by atoms with E-state index in [0.717, 1.165) is 0 Å². The van der Waals surface area contributed by atoms with Gasteiger partial charge >= 0.3 is 5.97 Å². The fourth-order valence-electron chi connectivity index (χ4n) is 4.55. The van der Waals surface area contributed by atoms with E-state index in [-0.39, 0.29) is 5.97 Å². The Morgan fingerprint density at radius 3 is 1.93 bits per heavy atom. The molecule has 0 N–H and O–H groups in total. The lowest BCUT2D eigenvalue weighted by Crippen LogP contribution is -2.24. The van der Waals surface area contributed by atoms with Crippen molar-refractivity contribution in [2.24, 2.45) is 0 Å². The third-order valence-corrected chi connectivity index (χ3v) is 5.63. The minimum atomic E-state index is -0.445. The van der Waals surface area contributed by atoms with E-state index < -0.39 is 5.60 Å². The molecule has 0 aliphatic rings. The van der Waals surface area contributed by atoms with E-state index in [9.17, 15) is 4.79 Å². The van der Waals surface area contributed by atoms with Crippen molar-refractivity contribution in [1.82, 2.24) is 0 Å². The standard InChI is InChI=1S/C27H24O2/c1-27(2,3)29-24(28)16-14-17-13-15-23-21-11-5-8-18-7-4-10-20(25(18)21)22-12-6-9-19(17)26(22)23/h4-13,15H,14,16H2,1-3H3. The predicted molar refractivity (Wildman–Crippen MR) is 122 cm³/mol. The van der Waals surface area contributed by atoms with Crippen LogP contribution in [0.5, 0.6) is 0 Å². The summed E-state index contributed by atoms with van der Waals surface area (Å²) in [7, 11) is 0. The third-order valence-electron chi connectivity index (χ3n) is 5.63. The molecular formula is C27H24O2. The summed E-state index contributed by atoms with van der Waals surface area (Å²) in [4.78, 5) is 12.2. The molecule has 5 aromatic rings. The molecule has 0 unspecified atom stereocenters. The quantitative estimate of drug-likeness (QED) is 0.191. The van der Waals surface area contributed by atoms with Crippen LogP contribution >= 0.6 is 0 Å². The molecule has 0 amide bonds. The van der Waals surface area contributed by atoms with Gasteiger partial charge in [0.05, 0.1) is 0 Å². The smallest absolute Gasteiger partial charge is 0.306 e. The van der Waals surface area contributed by atoms with Gasteiger partial charge in [-0.1, -0.05) is 66.7 Å². The molecular weight excluding hydrogens is 356 g/mol. The molecule has 2 nitrogen and oxygen atoms in total. The normalized spacial score (nSPS) is 12.4. The van der Waals surface area contributed by atoms with Crippen LogP contribution in [-0.4, -0.2) is 11.6 Å². The van der Waals surface area contributed by atoms with Gasteiger partial charge in [0, 0.05) is 6.42 Å². The Morgan fingerprint density at radius 1 is 0.724 bits per heavy atom. The Labute approximate surface area is 170 Å². The Hall–Kier alpha value is -3.13. The van der Waals surface area contributed by atoms with E-state index >= 15 is 0 Å². The minimum Gasteiger partial charge on any atom is -0.460 e. The lowest BCUT2D eigenvalue weighted by atomic mass is 9.88. The topological polar surface area (TPSA) is 26.3 Å². The number of fused-ring (bicyclic) bond motifs is 2. The molecule has 144 valence electrons. The predicted octanol–water partition coefficient (Wildman–Crippen LogP) is 7.01. The summed E-state index contributed by atoms with van der Waals surface area (Å²) >= 11 is 0. The first kappa shape index (κ1) is 17.9. The van der Waals surface area contributed by atoms with Crippen LogP contribution in [0.4, 0.5) is 0 Å². The Balaban J connectivity index is 1.69. The molecule has 0 heterocycles. The van der Waals surface area contributed by atoms with Crippen molar-refractivity contribution in [3.8, 4) is 0 Å². The number of carbonyl (C=O) groups is 1. The average molecular weight is 380 g/mol. The summed E-state index contributed by atoms with van der Waals surface area (Å²) in [6.45, 7) is 5.72. The first-order valence-corrected chi connectivity index (χ1v) is 10.2. The highest BCUT2D eigenvalue weighted by molar-refractivity contribution is 6.33. The fourth-order valence-corrected chi connectivity index (χ4v) is 4.55. The summed E-state index contributed by atoms with van der Waals surface area (Å²) in [5.74, 6) is -0.145. The molecule has 29 heavy (non-hydrogen) atoms. The number of esters is 1. The zero-order valence-corrected chi connectivity index (χ0v) is 17.1. The fraction of sp³-hybridized carbons (Fsp3) is 0.222. The SMILES string of the molecule is CC(C)(C)OC(=O)CCc1ccc2c3cccc4cccc(c5cccc1c52)c43. The van der Waals surface area contributed by atoms with E-state index in [1.165, 1.54) is 48.7 Å². The summed E-state index contributed by atoms with van der Waals surface area (Å²) in [6, 6.07) is 24.0. The van der Waals surface area contributed by atoms with Gasteiger partial charge in [0.2, 0.25) is 0 Å². The van der Waals surface area contributed by atoms with Crippen LogP contribution in [0.2, 0.25) is 0 Å². The van der Waals surface area contributed by atoms with Crippen molar-refractivity contribution in [3.63, 3.8) is 0 Å². The van der Waals surface area contributed by atoms with E-state index in [4.69, 9.17) is 4.74 Å². The number of ether oxygens (including phenoxy) is 1. The molecule has 0 saturated heterocycles. The monoisotopic (exact) mass is 380 g/mol. The molecule has 0 aliphatic heterocycles. The second kappa shape index (κ2) is 6.45. The van der Waals surface area contributed by atoms with Gasteiger partial charge < -0.3 is 4.74 Å². The molecule has 0 spiro atoms. The molecule has 5 rings (SSSR count). The van der Waals surface area contributed by atoms with Gasteiger partial charge in [0.1, 0.15) is 5.60 Å². The van der Waals surface area contributed by atoms with E-state index in [1.54, 1.807) is 0 Å². The summed E-state index contributed by atoms with van der Waals surface area (Å²) in [5.41, 5.74) is 0.752. The van der Waals surface area contributed by atoms with Crippen molar-refractivity contribution in [3.05, 3.63) is 72.3 Å². The largest absolute Gasteiger partial charge is 0.460 e. The maximum absolute atomic E-state index is 12.2. The van der Waals surface area contributed by atoms with Crippen molar-refractivity contribution in [1.29, 1.82) is 0 Å². The van der Waals surface area contributed by atoms with E-state index in [2.05, 4.69) is 66.7 Å². The van der Waals surface area contributed by atoms with Crippen molar-refractivity contribution in [2.45, 2.75) is 39.2 Å². The molecule has 0 saturated carbocycles. The molecule has 2 heteroatoms. The van der Waals surface area contributed by atoms with Gasteiger partial charge in [-0.3, -0.25) is 4.79 Å². The highest BCUT2D eigenvalue weighted by atomic mass is 16.6. The second-order valence-corrected chi connectivity index (χ2v) is 8.80. The summed E-state index contributed by atoms with van der Waals surface area (Å²) in [6.07, 6.45) is 1.07. The van der Waals surface area contributed by atoms with Crippen LogP contribution in [0, 0.1) is 0 Å². The van der Waals surface area contributed by atoms with Crippen molar-refractivity contribution >= 4 is 49.1 Å². The van der Waals surface area contributed by atoms with Gasteiger partial charge in [-0.15, -0.1) is 0 Å². The number of hydrogen-bond acceptors (Lipinski definition) is 2. The molecule has 0 atom stereocenters. The Bertz CT molecular complexity index is 1320. The number of carbonyl (C=O) groups excluding carboxylic acids is 1. The van der Waals surface area contributed by atoms with Crippen molar-refractivity contribution < 1.29 is 9.53 Å². The van der Waals surface area contributed by atoms with Crippen LogP contribution in [0.1, 0.15) is 32.8 Å². The van der Waals surface area contributed by atoms with Gasteiger partial charge in [-0.05, 0) is 75.8 Å². The highest BCUT2D eigenvalue weighted by Crippen LogP contribution is 2.41. The van der Waals surface area contributed by atoms with E-state index in [0.29, 0.717) is 12.8 Å². The van der Waals surface area contributed by atoms with Gasteiger partial charge in [-0.2, -0.15) is 0 Å². The molecule has 0 bridgehead atoms. The van der Waals surface area contributed by atoms with Crippen LogP contribution in [0.3, 0.4) is 0 Å². The molecule has 0 radical (unpaired) electrons. The summed E-state index contributed by atoms with van der Waals surface area (Å²) in [5, 5.41) is 10.3. The first-order chi connectivity index (χ1) is 13.9. The zero-order chi connectivity index (χ0) is 20.2. The van der Waals surface area contributed by atoms with Crippen LogP contribution in [0.25, 0.3) is 43.1 Å². The number of aryl methyl sites for hydroxylation is 1. The van der Waals surface area contributed by atoms with E-state index in [1.807, 2.05) is 20.8 Å². The minimum absolute atomic E-state index is 0.145. The molecule has 0 aliphatic carbocycles. The van der Waals surface area contributed by atoms with Crippen LogP contribution in [0.15, 0.2) is 66.7 Å². The maximum Gasteiger partial charge on any atom is 0.306 e. The first-order valence-electron chi connectivity index (χ1n) is 10.2. The van der Waals surface area contributed by atoms with Gasteiger partial charge in [-0.25, -0.2) is 0 Å². The average Bonchev–Trinajstić information content (AvgIpc) is 2.69. The number of hydrogen-bond donors (Lipinski definition) is 0. The Morgan fingerprint density at radius 2 is 1.28 bits per heavy atom. The number of rotatable bonds is 3. The number of benzene rings is 5. The summed E-state index contributed by atoms with van der Waals surface area (Å²) < 4.78 is 5.50. The third kappa shape index (κ3) is 3.00. The second-order valence-electron chi connectivity index (χ2n) is 8.80.